The fourth-order valence-electron chi connectivity index (χ4n) is 5.10. The summed E-state index contributed by atoms with van der Waals surface area (Å²) in [6.07, 6.45) is 3.15. The first-order valence-electron chi connectivity index (χ1n) is 10.9. The molecule has 7 nitrogen and oxygen atoms in total. The number of ether oxygens (including phenoxy) is 1. The molecule has 0 unspecified atom stereocenters. The fraction of sp³-hybridized carbons (Fsp3) is 0.542. The number of rotatable bonds is 5. The summed E-state index contributed by atoms with van der Waals surface area (Å²) in [5, 5.41) is 5.96. The van der Waals surface area contributed by atoms with E-state index in [1.807, 2.05) is 77.1 Å². The van der Waals surface area contributed by atoms with E-state index >= 15 is 0 Å². The van der Waals surface area contributed by atoms with Crippen LogP contribution in [-0.4, -0.2) is 51.9 Å². The van der Waals surface area contributed by atoms with Crippen LogP contribution in [0.1, 0.15) is 40.2 Å². The summed E-state index contributed by atoms with van der Waals surface area (Å²) in [5.74, 6) is -2.05. The zero-order valence-electron chi connectivity index (χ0n) is 18.7. The third-order valence-electron chi connectivity index (χ3n) is 6.23. The van der Waals surface area contributed by atoms with E-state index in [2.05, 4.69) is 10.6 Å². The maximum atomic E-state index is 13.5. The molecule has 3 aliphatic heterocycles. The van der Waals surface area contributed by atoms with E-state index in [9.17, 15) is 14.4 Å². The van der Waals surface area contributed by atoms with Gasteiger partial charge in [0.05, 0.1) is 17.9 Å². The number of likely N-dealkylation sites (tertiary alicyclic amines) is 1. The Balaban J connectivity index is 1.62. The van der Waals surface area contributed by atoms with Crippen LogP contribution in [0.5, 0.6) is 0 Å². The Labute approximate surface area is 183 Å². The maximum Gasteiger partial charge on any atom is 0.246 e. The number of carbonyl (C=O) groups is 3. The Kier molecular flexibility index (Phi) is 5.20. The minimum atomic E-state index is -1.11. The van der Waals surface area contributed by atoms with Gasteiger partial charge in [0.25, 0.3) is 0 Å². The predicted molar refractivity (Wildman–Crippen MR) is 116 cm³/mol. The summed E-state index contributed by atoms with van der Waals surface area (Å²) in [5.41, 5.74) is -0.588. The average molecular weight is 426 g/mol. The molecule has 3 amide bonds. The van der Waals surface area contributed by atoms with Gasteiger partial charge in [-0.2, -0.15) is 0 Å². The van der Waals surface area contributed by atoms with Crippen molar-refractivity contribution in [3.8, 4) is 0 Å². The lowest BCUT2D eigenvalue weighted by atomic mass is 9.74. The maximum absolute atomic E-state index is 13.5. The lowest BCUT2D eigenvalue weighted by molar-refractivity contribution is -0.144. The number of amides is 3. The zero-order valence-corrected chi connectivity index (χ0v) is 18.7. The van der Waals surface area contributed by atoms with Gasteiger partial charge in [0.1, 0.15) is 11.6 Å². The lowest BCUT2D eigenvalue weighted by Gasteiger charge is -2.36. The molecular weight excluding hydrogens is 394 g/mol. The van der Waals surface area contributed by atoms with Gasteiger partial charge in [-0.05, 0) is 40.2 Å². The van der Waals surface area contributed by atoms with Gasteiger partial charge in [-0.25, -0.2) is 0 Å². The van der Waals surface area contributed by atoms with Gasteiger partial charge in [0.2, 0.25) is 17.7 Å². The van der Waals surface area contributed by atoms with Gasteiger partial charge in [0, 0.05) is 18.1 Å². The van der Waals surface area contributed by atoms with Gasteiger partial charge in [-0.15, -0.1) is 0 Å². The van der Waals surface area contributed by atoms with E-state index in [0.29, 0.717) is 6.54 Å². The van der Waals surface area contributed by atoms with Gasteiger partial charge < -0.3 is 20.3 Å². The van der Waals surface area contributed by atoms with Crippen molar-refractivity contribution in [1.29, 1.82) is 0 Å². The van der Waals surface area contributed by atoms with Crippen LogP contribution >= 0.6 is 0 Å². The molecule has 3 aliphatic rings. The fourth-order valence-corrected chi connectivity index (χ4v) is 5.10. The molecule has 4 rings (SSSR count). The smallest absolute Gasteiger partial charge is 0.246 e. The SMILES string of the molecule is CC(C)N1C(=O)[C@@H]2[C@@H](C(=O)NCc3ccccc3)[C@H]3C=C[C@@]2(O3)[C@H]1C(=O)NC(C)(C)C. The van der Waals surface area contributed by atoms with E-state index in [-0.39, 0.29) is 23.8 Å². The highest BCUT2D eigenvalue weighted by atomic mass is 16.5. The number of carbonyl (C=O) groups excluding carboxylic acids is 3. The Morgan fingerprint density at radius 2 is 1.84 bits per heavy atom. The predicted octanol–water partition coefficient (Wildman–Crippen LogP) is 1.78. The quantitative estimate of drug-likeness (QED) is 0.704. The summed E-state index contributed by atoms with van der Waals surface area (Å²) in [7, 11) is 0. The van der Waals surface area contributed by atoms with E-state index < -0.39 is 35.1 Å². The molecule has 0 saturated carbocycles. The standard InChI is InChI=1S/C24H31N3O4/c1-14(2)27-19(21(29)26-23(3,4)5)24-12-11-16(31-24)17(18(24)22(27)30)20(28)25-13-15-9-7-6-8-10-15/h6-12,14,16-19H,13H2,1-5H3,(H,25,28)(H,26,29)/t16-,17+,18+,19-,24+/m1/s1. The number of benzene rings is 1. The van der Waals surface area contributed by atoms with Gasteiger partial charge in [-0.3, -0.25) is 14.4 Å². The molecule has 0 aliphatic carbocycles. The molecule has 0 aromatic heterocycles. The highest BCUT2D eigenvalue weighted by Crippen LogP contribution is 2.55. The van der Waals surface area contributed by atoms with Crippen LogP contribution in [0.3, 0.4) is 0 Å². The van der Waals surface area contributed by atoms with Crippen molar-refractivity contribution < 1.29 is 19.1 Å². The van der Waals surface area contributed by atoms with Crippen molar-refractivity contribution in [2.45, 2.75) is 70.5 Å². The topological polar surface area (TPSA) is 87.7 Å². The molecule has 2 N–H and O–H groups in total. The number of nitrogens with zero attached hydrogens (tertiary/aromatic N) is 1. The molecule has 2 saturated heterocycles. The molecule has 2 bridgehead atoms. The Bertz CT molecular complexity index is 921. The number of hydrogen-bond acceptors (Lipinski definition) is 4. The molecule has 3 heterocycles. The minimum absolute atomic E-state index is 0.198. The van der Waals surface area contributed by atoms with Crippen molar-refractivity contribution in [2.75, 3.05) is 0 Å². The van der Waals surface area contributed by atoms with E-state index in [4.69, 9.17) is 4.74 Å². The van der Waals surface area contributed by atoms with Crippen LogP contribution in [0.25, 0.3) is 0 Å². The second kappa shape index (κ2) is 7.48. The van der Waals surface area contributed by atoms with Gasteiger partial charge in [-0.1, -0.05) is 42.5 Å². The molecule has 7 heteroatoms. The first-order chi connectivity index (χ1) is 14.5. The molecule has 1 aromatic carbocycles. The van der Waals surface area contributed by atoms with E-state index in [0.717, 1.165) is 5.56 Å². The Hall–Kier alpha value is -2.67. The van der Waals surface area contributed by atoms with Crippen molar-refractivity contribution in [1.82, 2.24) is 15.5 Å². The zero-order chi connectivity index (χ0) is 22.6. The summed E-state index contributed by atoms with van der Waals surface area (Å²) < 4.78 is 6.27. The molecule has 5 atom stereocenters. The molecular formula is C24H31N3O4. The second-order valence-corrected chi connectivity index (χ2v) is 9.98. The summed E-state index contributed by atoms with van der Waals surface area (Å²) >= 11 is 0. The normalized spacial score (nSPS) is 31.3. The number of hydrogen-bond donors (Lipinski definition) is 2. The molecule has 166 valence electrons. The summed E-state index contributed by atoms with van der Waals surface area (Å²) in [6.45, 7) is 9.85. The first-order valence-corrected chi connectivity index (χ1v) is 10.9. The highest BCUT2D eigenvalue weighted by Gasteiger charge is 2.73. The van der Waals surface area contributed by atoms with Gasteiger partial charge in [0.15, 0.2) is 0 Å². The monoisotopic (exact) mass is 425 g/mol. The summed E-state index contributed by atoms with van der Waals surface area (Å²) in [6, 6.07) is 8.62. The van der Waals surface area contributed by atoms with Crippen LogP contribution in [-0.2, 0) is 25.7 Å². The van der Waals surface area contributed by atoms with Crippen molar-refractivity contribution in [3.63, 3.8) is 0 Å². The molecule has 0 radical (unpaired) electrons. The first kappa shape index (κ1) is 21.6. The van der Waals surface area contributed by atoms with Crippen molar-refractivity contribution >= 4 is 17.7 Å². The molecule has 1 spiro atoms. The van der Waals surface area contributed by atoms with Crippen LogP contribution in [0.2, 0.25) is 0 Å². The van der Waals surface area contributed by atoms with Crippen LogP contribution in [0.4, 0.5) is 0 Å². The molecule has 31 heavy (non-hydrogen) atoms. The largest absolute Gasteiger partial charge is 0.359 e. The summed E-state index contributed by atoms with van der Waals surface area (Å²) in [4.78, 5) is 41.6. The van der Waals surface area contributed by atoms with Crippen molar-refractivity contribution in [2.24, 2.45) is 11.8 Å². The van der Waals surface area contributed by atoms with E-state index in [1.165, 1.54) is 0 Å². The van der Waals surface area contributed by atoms with Crippen LogP contribution in [0.15, 0.2) is 42.5 Å². The van der Waals surface area contributed by atoms with Crippen molar-refractivity contribution in [3.05, 3.63) is 48.0 Å². The molecule has 1 aromatic rings. The third-order valence-corrected chi connectivity index (χ3v) is 6.23. The Morgan fingerprint density at radius 3 is 2.45 bits per heavy atom. The number of nitrogens with one attached hydrogen (secondary N) is 2. The van der Waals surface area contributed by atoms with Gasteiger partial charge >= 0.3 is 0 Å². The van der Waals surface area contributed by atoms with Crippen LogP contribution < -0.4 is 10.6 Å². The lowest BCUT2D eigenvalue weighted by Crippen LogP contribution is -2.59. The van der Waals surface area contributed by atoms with E-state index in [1.54, 1.807) is 4.90 Å². The van der Waals surface area contributed by atoms with Crippen LogP contribution in [0, 0.1) is 11.8 Å². The third kappa shape index (κ3) is 3.55. The highest BCUT2D eigenvalue weighted by molar-refractivity contribution is 6.00. The second-order valence-electron chi connectivity index (χ2n) is 9.98. The Morgan fingerprint density at radius 1 is 1.16 bits per heavy atom. The average Bonchev–Trinajstić information content (AvgIpc) is 3.32. The number of fused-ring (bicyclic) bond motifs is 1. The minimum Gasteiger partial charge on any atom is -0.359 e. The molecule has 2 fully saturated rings.